The predicted molar refractivity (Wildman–Crippen MR) is 74.6 cm³/mol. The van der Waals surface area contributed by atoms with Gasteiger partial charge in [0.2, 0.25) is 0 Å². The Bertz CT molecular complexity index is 812. The minimum absolute atomic E-state index is 0.0240. The first-order valence-corrected chi connectivity index (χ1v) is 7.50. The number of rotatable bonds is 3. The summed E-state index contributed by atoms with van der Waals surface area (Å²) >= 11 is 0. The number of nitrogens with one attached hydrogen (secondary N) is 2. The zero-order valence-corrected chi connectivity index (χ0v) is 11.8. The van der Waals surface area contributed by atoms with Crippen molar-refractivity contribution in [1.29, 1.82) is 0 Å². The fourth-order valence-electron chi connectivity index (χ4n) is 1.92. The van der Waals surface area contributed by atoms with E-state index >= 15 is 0 Å². The Morgan fingerprint density at radius 1 is 1.43 bits per heavy atom. The first-order chi connectivity index (χ1) is 9.94. The molecule has 2 aromatic rings. The lowest BCUT2D eigenvalue weighted by Crippen LogP contribution is -2.25. The summed E-state index contributed by atoms with van der Waals surface area (Å²) in [6, 6.07) is 4.27. The molecular weight excluding hydrogens is 296 g/mol. The summed E-state index contributed by atoms with van der Waals surface area (Å²) in [6.45, 7) is -0.0764. The lowest BCUT2D eigenvalue weighted by molar-refractivity contribution is -0.118. The standard InChI is InChI=1S/C12H12N4O4S/c1-16-6-8(5-13-16)15-21(18,19)9-2-3-11-10(4-9)14-12(17)7-20-11/h2-6,15H,7H2,1H3,(H,14,17). The summed E-state index contributed by atoms with van der Waals surface area (Å²) < 4.78 is 33.6. The maximum absolute atomic E-state index is 12.3. The second-order valence-corrected chi connectivity index (χ2v) is 6.19. The number of aromatic nitrogens is 2. The summed E-state index contributed by atoms with van der Waals surface area (Å²) in [5, 5.41) is 6.46. The predicted octanol–water partition coefficient (Wildman–Crippen LogP) is 0.552. The van der Waals surface area contributed by atoms with Crippen LogP contribution < -0.4 is 14.8 Å². The van der Waals surface area contributed by atoms with Crippen LogP contribution in [0.15, 0.2) is 35.5 Å². The largest absolute Gasteiger partial charge is 0.482 e. The molecule has 110 valence electrons. The van der Waals surface area contributed by atoms with Crippen LogP contribution in [0, 0.1) is 0 Å². The molecule has 1 aliphatic rings. The molecule has 2 N–H and O–H groups in total. The van der Waals surface area contributed by atoms with Crippen molar-refractivity contribution in [3.8, 4) is 5.75 Å². The van der Waals surface area contributed by atoms with E-state index in [1.807, 2.05) is 0 Å². The van der Waals surface area contributed by atoms with Gasteiger partial charge >= 0.3 is 0 Å². The van der Waals surface area contributed by atoms with E-state index in [9.17, 15) is 13.2 Å². The smallest absolute Gasteiger partial charge is 0.262 e. The van der Waals surface area contributed by atoms with Crippen molar-refractivity contribution in [1.82, 2.24) is 9.78 Å². The highest BCUT2D eigenvalue weighted by atomic mass is 32.2. The van der Waals surface area contributed by atoms with Crippen molar-refractivity contribution in [3.05, 3.63) is 30.6 Å². The highest BCUT2D eigenvalue weighted by Crippen LogP contribution is 2.30. The number of benzene rings is 1. The number of nitrogens with zero attached hydrogens (tertiary/aromatic N) is 2. The number of carbonyl (C=O) groups excluding carboxylic acids is 1. The van der Waals surface area contributed by atoms with Gasteiger partial charge in [0.15, 0.2) is 6.61 Å². The van der Waals surface area contributed by atoms with E-state index in [0.717, 1.165) is 0 Å². The normalized spacial score (nSPS) is 14.0. The van der Waals surface area contributed by atoms with Gasteiger partial charge in [0.25, 0.3) is 15.9 Å². The first kappa shape index (κ1) is 13.4. The molecule has 0 saturated carbocycles. The van der Waals surface area contributed by atoms with Gasteiger partial charge in [0.1, 0.15) is 5.75 Å². The number of ether oxygens (including phenoxy) is 1. The molecule has 1 amide bonds. The molecule has 2 heterocycles. The van der Waals surface area contributed by atoms with Crippen molar-refractivity contribution < 1.29 is 17.9 Å². The lowest BCUT2D eigenvalue weighted by Gasteiger charge is -2.18. The van der Waals surface area contributed by atoms with Crippen LogP contribution in [-0.4, -0.2) is 30.7 Å². The first-order valence-electron chi connectivity index (χ1n) is 6.02. The molecule has 1 aromatic heterocycles. The second-order valence-electron chi connectivity index (χ2n) is 4.50. The number of aryl methyl sites for hydroxylation is 1. The molecular formula is C12H12N4O4S. The average Bonchev–Trinajstić information content (AvgIpc) is 2.82. The van der Waals surface area contributed by atoms with Crippen LogP contribution in [0.25, 0.3) is 0 Å². The van der Waals surface area contributed by atoms with Crippen LogP contribution in [0.3, 0.4) is 0 Å². The number of hydrogen-bond donors (Lipinski definition) is 2. The number of sulfonamides is 1. The fourth-order valence-corrected chi connectivity index (χ4v) is 2.97. The van der Waals surface area contributed by atoms with E-state index in [4.69, 9.17) is 4.74 Å². The monoisotopic (exact) mass is 308 g/mol. The van der Waals surface area contributed by atoms with Crippen LogP contribution in [0.1, 0.15) is 0 Å². The van der Waals surface area contributed by atoms with Gasteiger partial charge in [0.05, 0.1) is 22.5 Å². The van der Waals surface area contributed by atoms with E-state index in [2.05, 4.69) is 15.1 Å². The number of amides is 1. The molecule has 1 aliphatic heterocycles. The van der Waals surface area contributed by atoms with Crippen LogP contribution >= 0.6 is 0 Å². The number of hydrogen-bond acceptors (Lipinski definition) is 5. The van der Waals surface area contributed by atoms with Crippen LogP contribution in [-0.2, 0) is 21.9 Å². The Morgan fingerprint density at radius 3 is 2.95 bits per heavy atom. The summed E-state index contributed by atoms with van der Waals surface area (Å²) in [5.41, 5.74) is 0.691. The van der Waals surface area contributed by atoms with Gasteiger partial charge in [-0.2, -0.15) is 5.10 Å². The number of fused-ring (bicyclic) bond motifs is 1. The molecule has 0 fully saturated rings. The molecule has 1 aromatic carbocycles. The number of carbonyl (C=O) groups is 1. The fraction of sp³-hybridized carbons (Fsp3) is 0.167. The van der Waals surface area contributed by atoms with E-state index in [-0.39, 0.29) is 17.4 Å². The molecule has 21 heavy (non-hydrogen) atoms. The zero-order chi connectivity index (χ0) is 15.0. The lowest BCUT2D eigenvalue weighted by atomic mass is 10.2. The topological polar surface area (TPSA) is 102 Å². The van der Waals surface area contributed by atoms with Crippen molar-refractivity contribution in [2.24, 2.45) is 7.05 Å². The Kier molecular flexibility index (Phi) is 3.05. The third-order valence-electron chi connectivity index (χ3n) is 2.85. The van der Waals surface area contributed by atoms with Gasteiger partial charge in [-0.05, 0) is 18.2 Å². The van der Waals surface area contributed by atoms with Crippen molar-refractivity contribution in [3.63, 3.8) is 0 Å². The molecule has 0 radical (unpaired) electrons. The van der Waals surface area contributed by atoms with Crippen LogP contribution in [0.4, 0.5) is 11.4 Å². The van der Waals surface area contributed by atoms with E-state index in [0.29, 0.717) is 17.1 Å². The van der Waals surface area contributed by atoms with E-state index < -0.39 is 10.0 Å². The van der Waals surface area contributed by atoms with Gasteiger partial charge in [0, 0.05) is 13.2 Å². The van der Waals surface area contributed by atoms with Crippen molar-refractivity contribution in [2.75, 3.05) is 16.6 Å². The molecule has 8 nitrogen and oxygen atoms in total. The molecule has 0 saturated heterocycles. The zero-order valence-electron chi connectivity index (χ0n) is 11.0. The Balaban J connectivity index is 1.92. The quantitative estimate of drug-likeness (QED) is 0.862. The van der Waals surface area contributed by atoms with E-state index in [1.165, 1.54) is 29.1 Å². The average molecular weight is 308 g/mol. The van der Waals surface area contributed by atoms with Gasteiger partial charge in [-0.3, -0.25) is 14.2 Å². The molecule has 0 bridgehead atoms. The minimum Gasteiger partial charge on any atom is -0.482 e. The van der Waals surface area contributed by atoms with Crippen LogP contribution in [0.2, 0.25) is 0 Å². The highest BCUT2D eigenvalue weighted by Gasteiger charge is 2.21. The van der Waals surface area contributed by atoms with Crippen molar-refractivity contribution in [2.45, 2.75) is 4.90 Å². The van der Waals surface area contributed by atoms with Crippen molar-refractivity contribution >= 4 is 27.3 Å². The third kappa shape index (κ3) is 2.68. The summed E-state index contributed by atoms with van der Waals surface area (Å²) in [7, 11) is -2.08. The summed E-state index contributed by atoms with van der Waals surface area (Å²) in [6.07, 6.45) is 2.95. The SMILES string of the molecule is Cn1cc(NS(=O)(=O)c2ccc3c(c2)NC(=O)CO3)cn1. The Labute approximate surface area is 120 Å². The number of anilines is 2. The molecule has 0 atom stereocenters. The molecule has 0 unspecified atom stereocenters. The summed E-state index contributed by atoms with van der Waals surface area (Å²) in [4.78, 5) is 11.3. The second kappa shape index (κ2) is 4.77. The maximum Gasteiger partial charge on any atom is 0.262 e. The van der Waals surface area contributed by atoms with Gasteiger partial charge < -0.3 is 10.1 Å². The third-order valence-corrected chi connectivity index (χ3v) is 4.23. The summed E-state index contributed by atoms with van der Waals surface area (Å²) in [5.74, 6) is 0.118. The maximum atomic E-state index is 12.3. The van der Waals surface area contributed by atoms with E-state index in [1.54, 1.807) is 13.2 Å². The van der Waals surface area contributed by atoms with Gasteiger partial charge in [-0.1, -0.05) is 0 Å². The molecule has 0 aliphatic carbocycles. The van der Waals surface area contributed by atoms with Crippen LogP contribution in [0.5, 0.6) is 5.75 Å². The Morgan fingerprint density at radius 2 is 2.24 bits per heavy atom. The Hall–Kier alpha value is -2.55. The van der Waals surface area contributed by atoms with Gasteiger partial charge in [-0.25, -0.2) is 8.42 Å². The minimum atomic E-state index is -3.76. The molecule has 3 rings (SSSR count). The molecule has 0 spiro atoms. The molecule has 9 heteroatoms. The van der Waals surface area contributed by atoms with Gasteiger partial charge in [-0.15, -0.1) is 0 Å². The highest BCUT2D eigenvalue weighted by molar-refractivity contribution is 7.92.